The summed E-state index contributed by atoms with van der Waals surface area (Å²) in [7, 11) is 3.87. The van der Waals surface area contributed by atoms with E-state index < -0.39 is 0 Å². The summed E-state index contributed by atoms with van der Waals surface area (Å²) in [6, 6.07) is 16.8. The van der Waals surface area contributed by atoms with Gasteiger partial charge in [-0.05, 0) is 80.3 Å². The Labute approximate surface area is 213 Å². The molecular weight excluding hydrogens is 456 g/mol. The van der Waals surface area contributed by atoms with Gasteiger partial charge in [0, 0.05) is 69.1 Å². The molecule has 1 aromatic heterocycles. The molecule has 2 aliphatic rings. The molecule has 0 amide bonds. The third-order valence-electron chi connectivity index (χ3n) is 7.08. The number of thiocarbonyl (C=S) groups is 1. The minimum absolute atomic E-state index is 0.776. The van der Waals surface area contributed by atoms with Crippen molar-refractivity contribution in [2.45, 2.75) is 6.92 Å². The van der Waals surface area contributed by atoms with Gasteiger partial charge in [-0.1, -0.05) is 0 Å². The van der Waals surface area contributed by atoms with Crippen LogP contribution in [0, 0.1) is 6.92 Å². The van der Waals surface area contributed by atoms with E-state index in [1.54, 1.807) is 7.11 Å². The lowest BCUT2D eigenvalue weighted by atomic mass is 10.1. The van der Waals surface area contributed by atoms with Crippen LogP contribution in [0.4, 0.5) is 17.2 Å². The molecule has 0 bridgehead atoms. The number of fused-ring (bicyclic) bond motifs is 1. The van der Waals surface area contributed by atoms with Crippen molar-refractivity contribution in [2.24, 2.45) is 0 Å². The second-order valence-corrected chi connectivity index (χ2v) is 9.81. The van der Waals surface area contributed by atoms with E-state index in [-0.39, 0.29) is 0 Å². The van der Waals surface area contributed by atoms with Crippen LogP contribution in [0.5, 0.6) is 5.75 Å². The number of benzene rings is 2. The molecule has 0 unspecified atom stereocenters. The number of rotatable bonds is 4. The zero-order valence-corrected chi connectivity index (χ0v) is 21.6. The summed E-state index contributed by atoms with van der Waals surface area (Å²) in [5.41, 5.74) is 4.50. The van der Waals surface area contributed by atoms with Gasteiger partial charge in [0.2, 0.25) is 0 Å². The SMILES string of the molecule is COc1ccc(N2CCN(C(=S)Nc3ccc4nc(N5CCN(C)CC5)cc(C)c4c3)CC2)cc1. The number of nitrogens with zero attached hydrogens (tertiary/aromatic N) is 5. The van der Waals surface area contributed by atoms with Crippen molar-refractivity contribution in [2.75, 3.05) is 81.6 Å². The van der Waals surface area contributed by atoms with E-state index in [0.29, 0.717) is 0 Å². The maximum atomic E-state index is 5.77. The molecule has 0 atom stereocenters. The van der Waals surface area contributed by atoms with Crippen LogP contribution in [0.25, 0.3) is 10.9 Å². The number of methoxy groups -OCH3 is 1. The lowest BCUT2D eigenvalue weighted by Crippen LogP contribution is -2.50. The molecule has 8 heteroatoms. The van der Waals surface area contributed by atoms with Crippen LogP contribution in [0.15, 0.2) is 48.5 Å². The molecule has 7 nitrogen and oxygen atoms in total. The van der Waals surface area contributed by atoms with E-state index in [1.807, 2.05) is 12.1 Å². The molecule has 2 saturated heterocycles. The van der Waals surface area contributed by atoms with Gasteiger partial charge < -0.3 is 29.7 Å². The number of hydrogen-bond donors (Lipinski definition) is 1. The Morgan fingerprint density at radius 1 is 0.886 bits per heavy atom. The summed E-state index contributed by atoms with van der Waals surface area (Å²) < 4.78 is 5.27. The van der Waals surface area contributed by atoms with Crippen LogP contribution in [-0.2, 0) is 0 Å². The van der Waals surface area contributed by atoms with E-state index in [1.165, 1.54) is 16.6 Å². The largest absolute Gasteiger partial charge is 0.497 e. The minimum Gasteiger partial charge on any atom is -0.497 e. The highest BCUT2D eigenvalue weighted by molar-refractivity contribution is 7.80. The molecule has 35 heavy (non-hydrogen) atoms. The van der Waals surface area contributed by atoms with Crippen molar-refractivity contribution in [3.63, 3.8) is 0 Å². The Morgan fingerprint density at radius 3 is 2.26 bits per heavy atom. The molecule has 0 saturated carbocycles. The number of pyridine rings is 1. The fourth-order valence-electron chi connectivity index (χ4n) is 4.82. The molecule has 184 valence electrons. The molecule has 2 fully saturated rings. The summed E-state index contributed by atoms with van der Waals surface area (Å²) in [6.07, 6.45) is 0. The van der Waals surface area contributed by atoms with Gasteiger partial charge in [-0.15, -0.1) is 0 Å². The summed E-state index contributed by atoms with van der Waals surface area (Å²) in [4.78, 5) is 14.4. The van der Waals surface area contributed by atoms with Crippen LogP contribution in [0.3, 0.4) is 0 Å². The highest BCUT2D eigenvalue weighted by atomic mass is 32.1. The van der Waals surface area contributed by atoms with Crippen LogP contribution in [0.1, 0.15) is 5.56 Å². The van der Waals surface area contributed by atoms with Crippen molar-refractivity contribution in [1.82, 2.24) is 14.8 Å². The first-order chi connectivity index (χ1) is 17.0. The first kappa shape index (κ1) is 23.6. The number of nitrogens with one attached hydrogen (secondary N) is 1. The number of hydrogen-bond acceptors (Lipinski definition) is 6. The Morgan fingerprint density at radius 2 is 1.57 bits per heavy atom. The van der Waals surface area contributed by atoms with Gasteiger partial charge in [-0.25, -0.2) is 4.98 Å². The Hall–Kier alpha value is -3.10. The number of piperazine rings is 2. The molecule has 3 aromatic rings. The third kappa shape index (κ3) is 5.28. The lowest BCUT2D eigenvalue weighted by molar-refractivity contribution is 0.312. The zero-order chi connectivity index (χ0) is 24.4. The van der Waals surface area contributed by atoms with Crippen molar-refractivity contribution in [1.29, 1.82) is 0 Å². The Balaban J connectivity index is 1.22. The first-order valence-corrected chi connectivity index (χ1v) is 12.7. The summed E-state index contributed by atoms with van der Waals surface area (Å²) in [6.45, 7) is 10.0. The summed E-state index contributed by atoms with van der Waals surface area (Å²) >= 11 is 5.77. The van der Waals surface area contributed by atoms with Crippen LogP contribution >= 0.6 is 12.2 Å². The second kappa shape index (κ2) is 10.3. The number of aryl methyl sites for hydroxylation is 1. The van der Waals surface area contributed by atoms with Gasteiger partial charge in [0.15, 0.2) is 5.11 Å². The predicted octanol–water partition coefficient (Wildman–Crippen LogP) is 3.82. The number of ether oxygens (including phenoxy) is 1. The molecule has 1 N–H and O–H groups in total. The molecule has 3 heterocycles. The summed E-state index contributed by atoms with van der Waals surface area (Å²) in [5, 5.41) is 5.41. The topological polar surface area (TPSA) is 47.1 Å². The van der Waals surface area contributed by atoms with Crippen LogP contribution in [-0.4, -0.2) is 86.4 Å². The third-order valence-corrected chi connectivity index (χ3v) is 7.45. The van der Waals surface area contributed by atoms with E-state index in [4.69, 9.17) is 21.9 Å². The van der Waals surface area contributed by atoms with Gasteiger partial charge in [0.05, 0.1) is 12.6 Å². The fourth-order valence-corrected chi connectivity index (χ4v) is 5.12. The molecular formula is C27H34N6OS. The Kier molecular flexibility index (Phi) is 6.92. The summed E-state index contributed by atoms with van der Waals surface area (Å²) in [5.74, 6) is 1.96. The van der Waals surface area contributed by atoms with Crippen LogP contribution in [0.2, 0.25) is 0 Å². The standard InChI is InChI=1S/C27H34N6OS/c1-20-18-26(32-12-10-30(2)11-13-32)29-25-9-4-21(19-24(20)25)28-27(35)33-16-14-31(15-17-33)22-5-7-23(34-3)8-6-22/h4-9,18-19H,10-17H2,1-3H3,(H,28,35). The van der Waals surface area contributed by atoms with E-state index in [9.17, 15) is 0 Å². The maximum absolute atomic E-state index is 5.77. The number of likely N-dealkylation sites (N-methyl/N-ethyl adjacent to an activating group) is 1. The van der Waals surface area contributed by atoms with Gasteiger partial charge in [-0.3, -0.25) is 0 Å². The molecule has 2 aromatic carbocycles. The Bertz CT molecular complexity index is 1180. The van der Waals surface area contributed by atoms with E-state index >= 15 is 0 Å². The minimum atomic E-state index is 0.776. The fraction of sp³-hybridized carbons (Fsp3) is 0.407. The number of anilines is 3. The van der Waals surface area contributed by atoms with Crippen molar-refractivity contribution < 1.29 is 4.74 Å². The predicted molar refractivity (Wildman–Crippen MR) is 149 cm³/mol. The first-order valence-electron chi connectivity index (χ1n) is 12.3. The number of aromatic nitrogens is 1. The average Bonchev–Trinajstić information content (AvgIpc) is 2.89. The van der Waals surface area contributed by atoms with Crippen molar-refractivity contribution in [3.05, 3.63) is 54.1 Å². The molecule has 0 spiro atoms. The van der Waals surface area contributed by atoms with E-state index in [2.05, 4.69) is 75.3 Å². The monoisotopic (exact) mass is 490 g/mol. The van der Waals surface area contributed by atoms with Gasteiger partial charge in [0.25, 0.3) is 0 Å². The molecule has 2 aliphatic heterocycles. The van der Waals surface area contributed by atoms with Crippen molar-refractivity contribution >= 4 is 45.4 Å². The van der Waals surface area contributed by atoms with E-state index in [0.717, 1.165) is 80.2 Å². The quantitative estimate of drug-likeness (QED) is 0.554. The lowest BCUT2D eigenvalue weighted by Gasteiger charge is -2.37. The highest BCUT2D eigenvalue weighted by Gasteiger charge is 2.20. The molecule has 0 aliphatic carbocycles. The molecule has 5 rings (SSSR count). The molecule has 0 radical (unpaired) electrons. The highest BCUT2D eigenvalue weighted by Crippen LogP contribution is 2.26. The van der Waals surface area contributed by atoms with Gasteiger partial charge in [0.1, 0.15) is 11.6 Å². The second-order valence-electron chi connectivity index (χ2n) is 9.42. The smallest absolute Gasteiger partial charge is 0.173 e. The van der Waals surface area contributed by atoms with Crippen LogP contribution < -0.4 is 19.9 Å². The maximum Gasteiger partial charge on any atom is 0.173 e. The zero-order valence-electron chi connectivity index (χ0n) is 20.8. The average molecular weight is 491 g/mol. The van der Waals surface area contributed by atoms with Gasteiger partial charge >= 0.3 is 0 Å². The van der Waals surface area contributed by atoms with Crippen molar-refractivity contribution in [3.8, 4) is 5.75 Å². The van der Waals surface area contributed by atoms with Gasteiger partial charge in [-0.2, -0.15) is 0 Å². The normalized spacial score (nSPS) is 17.1.